The summed E-state index contributed by atoms with van der Waals surface area (Å²) in [6.45, 7) is 2.17. The third-order valence-electron chi connectivity index (χ3n) is 5.10. The third-order valence-corrected chi connectivity index (χ3v) is 5.10. The van der Waals surface area contributed by atoms with Crippen molar-refractivity contribution in [3.05, 3.63) is 53.5 Å². The van der Waals surface area contributed by atoms with Gasteiger partial charge in [-0.15, -0.1) is 0 Å². The van der Waals surface area contributed by atoms with Gasteiger partial charge in [0.15, 0.2) is 0 Å². The molecule has 2 N–H and O–H groups in total. The minimum atomic E-state index is -0.326. The Labute approximate surface area is 158 Å². The van der Waals surface area contributed by atoms with Crippen molar-refractivity contribution in [3.8, 4) is 0 Å². The summed E-state index contributed by atoms with van der Waals surface area (Å²) in [6.07, 6.45) is 2.18. The van der Waals surface area contributed by atoms with E-state index >= 15 is 0 Å². The average molecular weight is 371 g/mol. The average Bonchev–Trinajstić information content (AvgIpc) is 3.27. The molecule has 0 saturated carbocycles. The summed E-state index contributed by atoms with van der Waals surface area (Å²) in [5.74, 6) is -0.00367. The van der Waals surface area contributed by atoms with Crippen molar-refractivity contribution in [1.82, 2.24) is 9.80 Å². The van der Waals surface area contributed by atoms with Crippen LogP contribution in [0, 0.1) is 6.92 Å². The second-order valence-electron chi connectivity index (χ2n) is 7.04. The number of carbonyl (C=O) groups excluding carboxylic acids is 2. The third kappa shape index (κ3) is 3.89. The molecule has 1 aliphatic rings. The fourth-order valence-electron chi connectivity index (χ4n) is 3.43. The number of likely N-dealkylation sites (N-methyl/N-ethyl adjacent to an activating group) is 1. The number of aryl methyl sites for hydroxylation is 1. The zero-order chi connectivity index (χ0) is 19.6. The van der Waals surface area contributed by atoms with E-state index in [1.165, 1.54) is 6.26 Å². The summed E-state index contributed by atoms with van der Waals surface area (Å²) in [5, 5.41) is 12.5. The molecule has 7 heteroatoms. The molecule has 0 spiro atoms. The molecule has 1 fully saturated rings. The topological polar surface area (TPSA) is 86.0 Å². The maximum atomic E-state index is 13.2. The molecule has 1 saturated heterocycles. The zero-order valence-electron chi connectivity index (χ0n) is 15.8. The van der Waals surface area contributed by atoms with Crippen LogP contribution in [0.3, 0.4) is 0 Å². The van der Waals surface area contributed by atoms with Gasteiger partial charge in [-0.3, -0.25) is 9.59 Å². The van der Waals surface area contributed by atoms with Crippen molar-refractivity contribution in [2.75, 3.05) is 32.6 Å². The first-order chi connectivity index (χ1) is 12.9. The standard InChI is InChI=1S/C20H25N3O4/c1-13-16(8-9-27-13)19(25)21-18-7-5-4-6-17(18)20(26)23-11-14(22(2)3)10-15(23)12-24/h4-9,14-15,24H,10-12H2,1-3H3,(H,21,25)/t14-,15+/m1/s1. The summed E-state index contributed by atoms with van der Waals surface area (Å²) >= 11 is 0. The molecule has 144 valence electrons. The molecule has 1 aromatic heterocycles. The van der Waals surface area contributed by atoms with E-state index in [9.17, 15) is 14.7 Å². The number of likely N-dealkylation sites (tertiary alicyclic amines) is 1. The van der Waals surface area contributed by atoms with Crippen LogP contribution in [0.15, 0.2) is 41.0 Å². The number of para-hydroxylation sites is 1. The summed E-state index contributed by atoms with van der Waals surface area (Å²) in [6, 6.07) is 8.49. The molecule has 2 amide bonds. The largest absolute Gasteiger partial charge is 0.469 e. The molecular formula is C20H25N3O4. The second kappa shape index (κ2) is 7.94. The molecule has 0 unspecified atom stereocenters. The van der Waals surface area contributed by atoms with Crippen molar-refractivity contribution in [1.29, 1.82) is 0 Å². The van der Waals surface area contributed by atoms with Crippen LogP contribution in [0.1, 0.15) is 32.9 Å². The highest BCUT2D eigenvalue weighted by atomic mass is 16.3. The maximum Gasteiger partial charge on any atom is 0.259 e. The van der Waals surface area contributed by atoms with Gasteiger partial charge in [-0.1, -0.05) is 12.1 Å². The Morgan fingerprint density at radius 1 is 1.26 bits per heavy atom. The lowest BCUT2D eigenvalue weighted by molar-refractivity contribution is 0.0674. The van der Waals surface area contributed by atoms with Crippen LogP contribution >= 0.6 is 0 Å². The van der Waals surface area contributed by atoms with E-state index in [0.717, 1.165) is 6.42 Å². The van der Waals surface area contributed by atoms with Crippen LogP contribution in [0.5, 0.6) is 0 Å². The van der Waals surface area contributed by atoms with Gasteiger partial charge >= 0.3 is 0 Å². The number of hydrogen-bond donors (Lipinski definition) is 2. The Morgan fingerprint density at radius 3 is 2.63 bits per heavy atom. The van der Waals surface area contributed by atoms with E-state index in [-0.39, 0.29) is 30.5 Å². The van der Waals surface area contributed by atoms with Crippen LogP contribution in [0.2, 0.25) is 0 Å². The van der Waals surface area contributed by atoms with Crippen LogP contribution in [0.4, 0.5) is 5.69 Å². The Hall–Kier alpha value is -2.64. The fourth-order valence-corrected chi connectivity index (χ4v) is 3.43. The quantitative estimate of drug-likeness (QED) is 0.839. The van der Waals surface area contributed by atoms with Crippen LogP contribution < -0.4 is 5.32 Å². The van der Waals surface area contributed by atoms with Gasteiger partial charge in [0.25, 0.3) is 11.8 Å². The van der Waals surface area contributed by atoms with E-state index in [1.54, 1.807) is 42.2 Å². The summed E-state index contributed by atoms with van der Waals surface area (Å²) in [7, 11) is 3.93. The molecule has 2 heterocycles. The van der Waals surface area contributed by atoms with Crippen molar-refractivity contribution in [3.63, 3.8) is 0 Å². The lowest BCUT2D eigenvalue weighted by Gasteiger charge is -2.24. The van der Waals surface area contributed by atoms with E-state index < -0.39 is 0 Å². The first kappa shape index (κ1) is 19.1. The number of furan rings is 1. The fraction of sp³-hybridized carbons (Fsp3) is 0.400. The second-order valence-corrected chi connectivity index (χ2v) is 7.04. The minimum Gasteiger partial charge on any atom is -0.469 e. The number of nitrogens with one attached hydrogen (secondary N) is 1. The maximum absolute atomic E-state index is 13.2. The molecule has 2 atom stereocenters. The summed E-state index contributed by atoms with van der Waals surface area (Å²) in [5.41, 5.74) is 1.28. The predicted octanol–water partition coefficient (Wildman–Crippen LogP) is 1.98. The van der Waals surface area contributed by atoms with Crippen LogP contribution in [0.25, 0.3) is 0 Å². The van der Waals surface area contributed by atoms with Gasteiger partial charge in [0.1, 0.15) is 5.76 Å². The molecule has 0 aliphatic carbocycles. The number of rotatable bonds is 5. The normalized spacial score (nSPS) is 19.5. The Morgan fingerprint density at radius 2 is 2.00 bits per heavy atom. The number of aliphatic hydroxyl groups is 1. The van der Waals surface area contributed by atoms with E-state index in [2.05, 4.69) is 10.2 Å². The highest BCUT2D eigenvalue weighted by Crippen LogP contribution is 2.26. The van der Waals surface area contributed by atoms with Gasteiger partial charge in [-0.05, 0) is 45.6 Å². The van der Waals surface area contributed by atoms with Crippen molar-refractivity contribution in [2.24, 2.45) is 0 Å². The Balaban J connectivity index is 1.84. The van der Waals surface area contributed by atoms with E-state index in [1.807, 2.05) is 14.1 Å². The first-order valence-corrected chi connectivity index (χ1v) is 8.95. The van der Waals surface area contributed by atoms with Crippen molar-refractivity contribution >= 4 is 17.5 Å². The summed E-state index contributed by atoms with van der Waals surface area (Å²) in [4.78, 5) is 29.4. The number of aliphatic hydroxyl groups excluding tert-OH is 1. The number of benzene rings is 1. The number of nitrogens with zero attached hydrogens (tertiary/aromatic N) is 2. The SMILES string of the molecule is Cc1occc1C(=O)Nc1ccccc1C(=O)N1C[C@H](N(C)C)C[C@H]1CO. The molecule has 1 aliphatic heterocycles. The number of anilines is 1. The number of amides is 2. The molecule has 3 rings (SSSR count). The van der Waals surface area contributed by atoms with Gasteiger partial charge in [-0.2, -0.15) is 0 Å². The smallest absolute Gasteiger partial charge is 0.259 e. The molecular weight excluding hydrogens is 346 g/mol. The van der Waals surface area contributed by atoms with Crippen LogP contribution in [-0.4, -0.2) is 66.1 Å². The van der Waals surface area contributed by atoms with Crippen molar-refractivity contribution < 1.29 is 19.1 Å². The first-order valence-electron chi connectivity index (χ1n) is 8.95. The number of hydrogen-bond acceptors (Lipinski definition) is 5. The van der Waals surface area contributed by atoms with Crippen molar-refractivity contribution in [2.45, 2.75) is 25.4 Å². The zero-order valence-corrected chi connectivity index (χ0v) is 15.8. The van der Waals surface area contributed by atoms with Gasteiger partial charge in [0.2, 0.25) is 0 Å². The monoisotopic (exact) mass is 371 g/mol. The van der Waals surface area contributed by atoms with E-state index in [4.69, 9.17) is 4.42 Å². The lowest BCUT2D eigenvalue weighted by Crippen LogP contribution is -2.39. The molecule has 0 bridgehead atoms. The van der Waals surface area contributed by atoms with Gasteiger partial charge < -0.3 is 24.6 Å². The summed E-state index contributed by atoms with van der Waals surface area (Å²) < 4.78 is 5.18. The minimum absolute atomic E-state index is 0.0845. The lowest BCUT2D eigenvalue weighted by atomic mass is 10.1. The molecule has 27 heavy (non-hydrogen) atoms. The van der Waals surface area contributed by atoms with Gasteiger partial charge in [0.05, 0.1) is 35.7 Å². The Kier molecular flexibility index (Phi) is 5.62. The molecule has 0 radical (unpaired) electrons. The van der Waals surface area contributed by atoms with Gasteiger partial charge in [0, 0.05) is 12.6 Å². The number of carbonyl (C=O) groups is 2. The molecule has 7 nitrogen and oxygen atoms in total. The van der Waals surface area contributed by atoms with Gasteiger partial charge in [-0.25, -0.2) is 0 Å². The molecule has 2 aromatic rings. The molecule has 1 aromatic carbocycles. The van der Waals surface area contributed by atoms with Crippen LogP contribution in [-0.2, 0) is 0 Å². The predicted molar refractivity (Wildman–Crippen MR) is 102 cm³/mol. The Bertz CT molecular complexity index is 830. The van der Waals surface area contributed by atoms with E-state index in [0.29, 0.717) is 29.1 Å². The highest BCUT2D eigenvalue weighted by Gasteiger charge is 2.36. The highest BCUT2D eigenvalue weighted by molar-refractivity contribution is 6.09.